The molecule has 0 aliphatic carbocycles. The van der Waals surface area contributed by atoms with Gasteiger partial charge < -0.3 is 8.83 Å². The number of hydrogen-bond acceptors (Lipinski definition) is 4. The van der Waals surface area contributed by atoms with Gasteiger partial charge in [0.25, 0.3) is 5.24 Å². The number of hydrogen-bond donors (Lipinski definition) is 0. The van der Waals surface area contributed by atoms with Gasteiger partial charge in [-0.2, -0.15) is 0 Å². The number of benzene rings is 6. The van der Waals surface area contributed by atoms with Crippen molar-refractivity contribution in [1.29, 1.82) is 0 Å². The highest BCUT2D eigenvalue weighted by atomic mass is 35.5. The summed E-state index contributed by atoms with van der Waals surface area (Å²) >= 11 is 5.16. The molecule has 0 saturated heterocycles. The minimum atomic E-state index is -0.407. The smallest absolute Gasteiger partial charge is 0.252 e. The Hall–Kier alpha value is -5.45. The van der Waals surface area contributed by atoms with E-state index < -0.39 is 5.24 Å². The van der Waals surface area contributed by atoms with Crippen LogP contribution < -0.4 is 0 Å². The van der Waals surface area contributed by atoms with E-state index in [-0.39, 0.29) is 5.78 Å². The molecule has 0 bridgehead atoms. The Labute approximate surface area is 252 Å². The number of furan rings is 2. The molecular formula is C38H25ClO4. The van der Waals surface area contributed by atoms with Crippen LogP contribution >= 0.6 is 11.6 Å². The zero-order valence-electron chi connectivity index (χ0n) is 22.9. The molecule has 6 aromatic carbocycles. The average Bonchev–Trinajstić information content (AvgIpc) is 3.64. The van der Waals surface area contributed by atoms with E-state index in [0.717, 1.165) is 33.1 Å². The second-order valence-corrected chi connectivity index (χ2v) is 10.1. The lowest BCUT2D eigenvalue weighted by molar-refractivity contribution is 0.103. The fraction of sp³-hybridized carbons (Fsp3) is 0. The van der Waals surface area contributed by atoms with Gasteiger partial charge >= 0.3 is 0 Å². The Balaban J connectivity index is 0.000000127. The molecule has 8 aromatic rings. The van der Waals surface area contributed by atoms with Crippen molar-refractivity contribution in [2.75, 3.05) is 0 Å². The third-order valence-corrected chi connectivity index (χ3v) is 7.18. The molecule has 43 heavy (non-hydrogen) atoms. The number of carbonyl (C=O) groups is 2. The molecule has 0 unspecified atom stereocenters. The first kappa shape index (κ1) is 27.7. The molecule has 4 nitrogen and oxygen atoms in total. The molecule has 0 amide bonds. The molecule has 0 atom stereocenters. The van der Waals surface area contributed by atoms with Gasteiger partial charge in [-0.05, 0) is 48.0 Å². The first-order valence-electron chi connectivity index (χ1n) is 13.7. The van der Waals surface area contributed by atoms with Crippen LogP contribution in [0.4, 0.5) is 0 Å². The van der Waals surface area contributed by atoms with E-state index in [1.54, 1.807) is 24.3 Å². The first-order valence-corrected chi connectivity index (χ1v) is 14.1. The summed E-state index contributed by atoms with van der Waals surface area (Å²) in [6, 6.07) is 47.7. The van der Waals surface area contributed by atoms with Crippen LogP contribution in [0, 0.1) is 0 Å². The van der Waals surface area contributed by atoms with Crippen LogP contribution in [0.3, 0.4) is 0 Å². The number of carbonyl (C=O) groups excluding carboxylic acids is 2. The van der Waals surface area contributed by atoms with Gasteiger partial charge in [0, 0.05) is 38.2 Å². The number of ketones is 1. The summed E-state index contributed by atoms with van der Waals surface area (Å²) in [4.78, 5) is 22.9. The molecule has 0 fully saturated rings. The van der Waals surface area contributed by atoms with E-state index in [2.05, 4.69) is 12.1 Å². The number of fused-ring (bicyclic) bond motifs is 6. The lowest BCUT2D eigenvalue weighted by Crippen LogP contribution is -2.00. The highest BCUT2D eigenvalue weighted by Gasteiger charge is 2.12. The summed E-state index contributed by atoms with van der Waals surface area (Å²) in [5.41, 5.74) is 5.49. The van der Waals surface area contributed by atoms with Crippen molar-refractivity contribution in [3.05, 3.63) is 168 Å². The largest absolute Gasteiger partial charge is 0.456 e. The SMILES string of the molecule is O=C(Cl)c1ccccc1.O=C(c1ccccc1)c1ccc2oc3ccccc3c2c1.c1ccc2c(c1)oc1ccccc12. The third kappa shape index (κ3) is 6.10. The Bertz CT molecular complexity index is 2130. The van der Waals surface area contributed by atoms with Crippen LogP contribution in [0.15, 0.2) is 160 Å². The highest BCUT2D eigenvalue weighted by Crippen LogP contribution is 2.30. The van der Waals surface area contributed by atoms with Crippen molar-refractivity contribution in [3.8, 4) is 0 Å². The van der Waals surface area contributed by atoms with E-state index in [0.29, 0.717) is 16.7 Å². The van der Waals surface area contributed by atoms with E-state index in [4.69, 9.17) is 20.4 Å². The zero-order chi connectivity index (χ0) is 29.6. The van der Waals surface area contributed by atoms with Gasteiger partial charge in [0.2, 0.25) is 0 Å². The first-order chi connectivity index (χ1) is 21.1. The molecule has 2 heterocycles. The lowest BCUT2D eigenvalue weighted by Gasteiger charge is -2.01. The van der Waals surface area contributed by atoms with E-state index in [1.165, 1.54) is 10.8 Å². The predicted octanol–water partition coefficient (Wildman–Crippen LogP) is 10.5. The fourth-order valence-corrected chi connectivity index (χ4v) is 4.99. The van der Waals surface area contributed by atoms with Crippen molar-refractivity contribution in [1.82, 2.24) is 0 Å². The summed E-state index contributed by atoms with van der Waals surface area (Å²) in [5.74, 6) is 0.0304. The summed E-state index contributed by atoms with van der Waals surface area (Å²) in [5, 5.41) is 3.99. The van der Waals surface area contributed by atoms with Crippen LogP contribution in [0.2, 0.25) is 0 Å². The summed E-state index contributed by atoms with van der Waals surface area (Å²) in [6.45, 7) is 0. The Morgan fingerprint density at radius 2 is 0.791 bits per heavy atom. The van der Waals surface area contributed by atoms with Crippen LogP contribution in [-0.4, -0.2) is 11.0 Å². The molecule has 2 aromatic heterocycles. The molecule has 5 heteroatoms. The standard InChI is InChI=1S/C19H12O2.C12H8O.C7H5ClO/c20-19(13-6-2-1-3-7-13)14-10-11-18-16(12-14)15-8-4-5-9-17(15)21-18;1-3-7-11-9(5-1)10-6-2-4-8-12(10)13-11;8-7(9)6-4-2-1-3-5-6/h1-12H;1-8H;1-5H. The quantitative estimate of drug-likeness (QED) is 0.154. The summed E-state index contributed by atoms with van der Waals surface area (Å²) in [6.07, 6.45) is 0. The number of para-hydroxylation sites is 3. The molecule has 0 N–H and O–H groups in total. The molecule has 0 spiro atoms. The Kier molecular flexibility index (Phi) is 8.12. The molecule has 0 aliphatic heterocycles. The normalized spacial score (nSPS) is 10.6. The van der Waals surface area contributed by atoms with Gasteiger partial charge in [0.15, 0.2) is 5.78 Å². The van der Waals surface area contributed by atoms with E-state index in [9.17, 15) is 9.59 Å². The predicted molar refractivity (Wildman–Crippen MR) is 174 cm³/mol. The highest BCUT2D eigenvalue weighted by molar-refractivity contribution is 6.67. The van der Waals surface area contributed by atoms with Crippen LogP contribution in [0.5, 0.6) is 0 Å². The maximum absolute atomic E-state index is 12.5. The topological polar surface area (TPSA) is 60.4 Å². The Morgan fingerprint density at radius 3 is 1.26 bits per heavy atom. The Morgan fingerprint density at radius 1 is 0.395 bits per heavy atom. The summed E-state index contributed by atoms with van der Waals surface area (Å²) < 4.78 is 11.4. The third-order valence-electron chi connectivity index (χ3n) is 6.96. The second-order valence-electron chi connectivity index (χ2n) is 9.74. The van der Waals surface area contributed by atoms with Crippen molar-refractivity contribution >= 4 is 66.5 Å². The van der Waals surface area contributed by atoms with Gasteiger partial charge in [0.05, 0.1) is 0 Å². The van der Waals surface area contributed by atoms with Crippen LogP contribution in [0.1, 0.15) is 26.3 Å². The summed E-state index contributed by atoms with van der Waals surface area (Å²) in [7, 11) is 0. The van der Waals surface area contributed by atoms with Crippen LogP contribution in [0.25, 0.3) is 43.9 Å². The molecule has 0 aliphatic rings. The van der Waals surface area contributed by atoms with E-state index >= 15 is 0 Å². The number of rotatable bonds is 3. The van der Waals surface area contributed by atoms with Gasteiger partial charge in [-0.1, -0.05) is 115 Å². The van der Waals surface area contributed by atoms with Crippen molar-refractivity contribution in [3.63, 3.8) is 0 Å². The van der Waals surface area contributed by atoms with Crippen LogP contribution in [-0.2, 0) is 0 Å². The van der Waals surface area contributed by atoms with Gasteiger partial charge in [-0.15, -0.1) is 0 Å². The maximum Gasteiger partial charge on any atom is 0.252 e. The minimum absolute atomic E-state index is 0.0304. The second kappa shape index (κ2) is 12.6. The minimum Gasteiger partial charge on any atom is -0.456 e. The van der Waals surface area contributed by atoms with Crippen molar-refractivity contribution in [2.45, 2.75) is 0 Å². The molecular weight excluding hydrogens is 556 g/mol. The van der Waals surface area contributed by atoms with Gasteiger partial charge in [-0.3, -0.25) is 9.59 Å². The van der Waals surface area contributed by atoms with Crippen molar-refractivity contribution in [2.24, 2.45) is 0 Å². The molecule has 208 valence electrons. The zero-order valence-corrected chi connectivity index (χ0v) is 23.7. The fourth-order valence-electron chi connectivity index (χ4n) is 4.87. The maximum atomic E-state index is 12.5. The number of halogens is 1. The monoisotopic (exact) mass is 580 g/mol. The van der Waals surface area contributed by atoms with Crippen molar-refractivity contribution < 1.29 is 18.4 Å². The van der Waals surface area contributed by atoms with Gasteiger partial charge in [-0.25, -0.2) is 0 Å². The molecule has 0 saturated carbocycles. The molecule has 8 rings (SSSR count). The van der Waals surface area contributed by atoms with E-state index in [1.807, 2.05) is 115 Å². The average molecular weight is 581 g/mol. The van der Waals surface area contributed by atoms with Gasteiger partial charge in [0.1, 0.15) is 22.3 Å². The lowest BCUT2D eigenvalue weighted by atomic mass is 10.0. The molecule has 0 radical (unpaired) electrons.